The minimum atomic E-state index is -0.807. The topological polar surface area (TPSA) is 41.2 Å². The molecule has 1 aromatic carbocycles. The highest BCUT2D eigenvalue weighted by Gasteiger charge is 2.13. The molecule has 86 valence electrons. The van der Waals surface area contributed by atoms with Crippen LogP contribution in [-0.2, 0) is 17.8 Å². The highest BCUT2D eigenvalue weighted by molar-refractivity contribution is 5.69. The first-order chi connectivity index (χ1) is 8.25. The number of aliphatic carboxylic acids is 1. The molecule has 0 aliphatic carbocycles. The zero-order valence-corrected chi connectivity index (χ0v) is 9.41. The number of aromatic nitrogens is 1. The minimum absolute atomic E-state index is 0.0493. The Morgan fingerprint density at radius 2 is 1.76 bits per heavy atom. The smallest absolute Gasteiger partial charge is 0.314 e. The third-order valence-electron chi connectivity index (χ3n) is 2.56. The van der Waals surface area contributed by atoms with E-state index in [1.807, 2.05) is 59.3 Å². The van der Waals surface area contributed by atoms with Crippen molar-refractivity contribution in [3.63, 3.8) is 0 Å². The third kappa shape index (κ3) is 3.14. The molecular weight excluding hydrogens is 214 g/mol. The molecule has 0 spiro atoms. The summed E-state index contributed by atoms with van der Waals surface area (Å²) in [5.74, 6) is -0.807. The molecule has 0 saturated carbocycles. The van der Waals surface area contributed by atoms with Gasteiger partial charge in [-0.25, -0.2) is 0 Å². The maximum absolute atomic E-state index is 10.8. The van der Waals surface area contributed by atoms with E-state index in [4.69, 9.17) is 5.11 Å². The van der Waals surface area contributed by atoms with Crippen LogP contribution in [0.15, 0.2) is 54.7 Å². The SMILES string of the molecule is O=C(O)Cc1cccc[n+]1Cc1ccccc1. The number of carboxylic acid groups (broad SMARTS) is 1. The van der Waals surface area contributed by atoms with Crippen molar-refractivity contribution in [3.8, 4) is 0 Å². The van der Waals surface area contributed by atoms with Gasteiger partial charge in [0.2, 0.25) is 0 Å². The molecule has 1 N–H and O–H groups in total. The molecule has 1 heterocycles. The molecule has 0 fully saturated rings. The van der Waals surface area contributed by atoms with Gasteiger partial charge >= 0.3 is 5.97 Å². The lowest BCUT2D eigenvalue weighted by molar-refractivity contribution is -0.695. The van der Waals surface area contributed by atoms with E-state index in [1.54, 1.807) is 0 Å². The monoisotopic (exact) mass is 228 g/mol. The maximum Gasteiger partial charge on any atom is 0.314 e. The Kier molecular flexibility index (Phi) is 3.50. The fourth-order valence-electron chi connectivity index (χ4n) is 1.76. The van der Waals surface area contributed by atoms with Crippen LogP contribution in [0.3, 0.4) is 0 Å². The predicted octanol–water partition coefficient (Wildman–Crippen LogP) is 1.65. The first-order valence-electron chi connectivity index (χ1n) is 5.49. The van der Waals surface area contributed by atoms with Gasteiger partial charge < -0.3 is 5.11 Å². The van der Waals surface area contributed by atoms with Crippen molar-refractivity contribution < 1.29 is 14.5 Å². The lowest BCUT2D eigenvalue weighted by atomic mass is 10.2. The molecule has 3 heteroatoms. The van der Waals surface area contributed by atoms with Crippen molar-refractivity contribution in [1.82, 2.24) is 0 Å². The van der Waals surface area contributed by atoms with Crippen molar-refractivity contribution in [2.24, 2.45) is 0 Å². The maximum atomic E-state index is 10.8. The van der Waals surface area contributed by atoms with Gasteiger partial charge in [-0.15, -0.1) is 0 Å². The molecule has 0 unspecified atom stereocenters. The van der Waals surface area contributed by atoms with Crippen LogP contribution in [0.1, 0.15) is 11.3 Å². The van der Waals surface area contributed by atoms with Crippen LogP contribution in [0.2, 0.25) is 0 Å². The molecule has 0 saturated heterocycles. The van der Waals surface area contributed by atoms with Crippen molar-refractivity contribution in [3.05, 3.63) is 66.0 Å². The Labute approximate surface area is 100.0 Å². The molecule has 3 nitrogen and oxygen atoms in total. The van der Waals surface area contributed by atoms with Gasteiger partial charge in [0.1, 0.15) is 6.42 Å². The van der Waals surface area contributed by atoms with Gasteiger partial charge in [0.15, 0.2) is 18.4 Å². The summed E-state index contributed by atoms with van der Waals surface area (Å²) in [5, 5.41) is 8.84. The Bertz CT molecular complexity index is 509. The first kappa shape index (κ1) is 11.3. The van der Waals surface area contributed by atoms with Gasteiger partial charge in [-0.3, -0.25) is 4.79 Å². The molecule has 0 aliphatic rings. The van der Waals surface area contributed by atoms with Crippen LogP contribution in [0, 0.1) is 0 Å². The number of carboxylic acids is 1. The van der Waals surface area contributed by atoms with Gasteiger partial charge in [0, 0.05) is 17.7 Å². The van der Waals surface area contributed by atoms with E-state index in [2.05, 4.69) is 0 Å². The van der Waals surface area contributed by atoms with Crippen molar-refractivity contribution in [1.29, 1.82) is 0 Å². The lowest BCUT2D eigenvalue weighted by Crippen LogP contribution is -2.39. The van der Waals surface area contributed by atoms with Gasteiger partial charge in [0.05, 0.1) is 0 Å². The van der Waals surface area contributed by atoms with E-state index in [-0.39, 0.29) is 6.42 Å². The predicted molar refractivity (Wildman–Crippen MR) is 63.5 cm³/mol. The zero-order valence-electron chi connectivity index (χ0n) is 9.41. The molecule has 0 amide bonds. The molecule has 0 aliphatic heterocycles. The second kappa shape index (κ2) is 5.25. The summed E-state index contributed by atoms with van der Waals surface area (Å²) in [6.07, 6.45) is 1.96. The third-order valence-corrected chi connectivity index (χ3v) is 2.56. The van der Waals surface area contributed by atoms with Crippen LogP contribution < -0.4 is 4.57 Å². The van der Waals surface area contributed by atoms with Crippen LogP contribution in [0.4, 0.5) is 0 Å². The highest BCUT2D eigenvalue weighted by Crippen LogP contribution is 2.00. The Balaban J connectivity index is 2.23. The minimum Gasteiger partial charge on any atom is -0.481 e. The number of rotatable bonds is 4. The summed E-state index contributed by atoms with van der Waals surface area (Å²) in [7, 11) is 0. The standard InChI is InChI=1S/C14H13NO2/c16-14(17)10-13-8-4-5-9-15(13)11-12-6-2-1-3-7-12/h1-9H,10-11H2/p+1. The van der Waals surface area contributed by atoms with Crippen molar-refractivity contribution in [2.75, 3.05) is 0 Å². The number of benzene rings is 1. The van der Waals surface area contributed by atoms with Crippen LogP contribution in [0.5, 0.6) is 0 Å². The van der Waals surface area contributed by atoms with Crippen LogP contribution >= 0.6 is 0 Å². The van der Waals surface area contributed by atoms with Gasteiger partial charge in [-0.05, 0) is 0 Å². The number of hydrogen-bond acceptors (Lipinski definition) is 1. The average Bonchev–Trinajstić information content (AvgIpc) is 2.32. The summed E-state index contributed by atoms with van der Waals surface area (Å²) in [6, 6.07) is 15.6. The highest BCUT2D eigenvalue weighted by atomic mass is 16.4. The molecule has 0 atom stereocenters. The fraction of sp³-hybridized carbons (Fsp3) is 0.143. The van der Waals surface area contributed by atoms with E-state index in [9.17, 15) is 4.79 Å². The molecule has 0 radical (unpaired) electrons. The van der Waals surface area contributed by atoms with Gasteiger partial charge in [0.25, 0.3) is 0 Å². The van der Waals surface area contributed by atoms with Crippen molar-refractivity contribution >= 4 is 5.97 Å². The summed E-state index contributed by atoms with van der Waals surface area (Å²) in [5.41, 5.74) is 1.97. The number of nitrogens with zero attached hydrogens (tertiary/aromatic N) is 1. The molecule has 2 rings (SSSR count). The Morgan fingerprint density at radius 3 is 2.47 bits per heavy atom. The second-order valence-electron chi connectivity index (χ2n) is 3.88. The normalized spacial score (nSPS) is 10.1. The Hall–Kier alpha value is -2.16. The lowest BCUT2D eigenvalue weighted by Gasteiger charge is -2.02. The van der Waals surface area contributed by atoms with Crippen molar-refractivity contribution in [2.45, 2.75) is 13.0 Å². The van der Waals surface area contributed by atoms with Gasteiger partial charge in [-0.2, -0.15) is 4.57 Å². The number of carbonyl (C=O) groups is 1. The average molecular weight is 228 g/mol. The Morgan fingerprint density at radius 1 is 1.06 bits per heavy atom. The molecule has 17 heavy (non-hydrogen) atoms. The quantitative estimate of drug-likeness (QED) is 0.808. The largest absolute Gasteiger partial charge is 0.481 e. The molecule has 2 aromatic rings. The summed E-state index contributed by atoms with van der Waals surface area (Å²) < 4.78 is 1.96. The van der Waals surface area contributed by atoms with Crippen LogP contribution in [-0.4, -0.2) is 11.1 Å². The van der Waals surface area contributed by atoms with Crippen LogP contribution in [0.25, 0.3) is 0 Å². The molecular formula is C14H14NO2+. The van der Waals surface area contributed by atoms with Gasteiger partial charge in [-0.1, -0.05) is 36.4 Å². The van der Waals surface area contributed by atoms with E-state index >= 15 is 0 Å². The number of hydrogen-bond donors (Lipinski definition) is 1. The summed E-state index contributed by atoms with van der Waals surface area (Å²) >= 11 is 0. The van der Waals surface area contributed by atoms with E-state index in [1.165, 1.54) is 0 Å². The fourth-order valence-corrected chi connectivity index (χ4v) is 1.76. The van der Waals surface area contributed by atoms with E-state index in [0.717, 1.165) is 11.3 Å². The molecule has 0 bridgehead atoms. The van der Waals surface area contributed by atoms with E-state index < -0.39 is 5.97 Å². The van der Waals surface area contributed by atoms with E-state index in [0.29, 0.717) is 6.54 Å². The summed E-state index contributed by atoms with van der Waals surface area (Å²) in [4.78, 5) is 10.8. The first-order valence-corrected chi connectivity index (χ1v) is 5.49. The number of pyridine rings is 1. The molecule has 1 aromatic heterocycles. The summed E-state index contributed by atoms with van der Waals surface area (Å²) in [6.45, 7) is 0.699. The zero-order chi connectivity index (χ0) is 12.1. The second-order valence-corrected chi connectivity index (χ2v) is 3.88.